The number of carbonyl (C=O) groups is 4. The molecule has 6 rings (SSSR count). The highest BCUT2D eigenvalue weighted by Crippen LogP contribution is 2.46. The van der Waals surface area contributed by atoms with Crippen LogP contribution in [0.2, 0.25) is 0 Å². The van der Waals surface area contributed by atoms with Crippen molar-refractivity contribution in [3.63, 3.8) is 0 Å². The number of aromatic nitrogens is 1. The molecule has 7 atom stereocenters. The van der Waals surface area contributed by atoms with Crippen LogP contribution in [0.4, 0.5) is 13.6 Å². The molecule has 0 spiro atoms. The standard InChI is InChI=1S/C39H51F2N5O9S/c1-6-23-17-22(2)11-7-8-12-24-19-39(24,36(49)45-56(51,52)26-15-16-26)44-32(47)29-18-25(54-33-28-14-10-9-13-27(28)30(53-5)20-42-33)21-46(29)34(48)31(23)43-37(50)55-38(3,4)35(40)41/h8-10,12-14,20,22-26,29,31,35H,6-7,11,15-19,21H2,1-5H3,(H,43,50)(H,44,47)(H,45,49). The molecule has 56 heavy (non-hydrogen) atoms. The highest BCUT2D eigenvalue weighted by molar-refractivity contribution is 7.91. The predicted molar refractivity (Wildman–Crippen MR) is 201 cm³/mol. The average Bonchev–Trinajstić information content (AvgIpc) is 4.08. The first-order valence-electron chi connectivity index (χ1n) is 19.2. The fourth-order valence-electron chi connectivity index (χ4n) is 7.71. The third-order valence-electron chi connectivity index (χ3n) is 11.3. The molecule has 1 aromatic carbocycles. The summed E-state index contributed by atoms with van der Waals surface area (Å²) in [7, 11) is -2.43. The van der Waals surface area contributed by atoms with Gasteiger partial charge in [-0.2, -0.15) is 0 Å². The quantitative estimate of drug-likeness (QED) is 0.287. The average molecular weight is 804 g/mol. The van der Waals surface area contributed by atoms with Crippen molar-refractivity contribution in [2.24, 2.45) is 17.8 Å². The van der Waals surface area contributed by atoms with Crippen molar-refractivity contribution >= 4 is 44.6 Å². The lowest BCUT2D eigenvalue weighted by molar-refractivity contribution is -0.142. The number of methoxy groups -OCH3 is 1. The Hall–Kier alpha value is -4.54. The zero-order valence-electron chi connectivity index (χ0n) is 32.3. The van der Waals surface area contributed by atoms with Crippen LogP contribution in [0.5, 0.6) is 11.6 Å². The van der Waals surface area contributed by atoms with Crippen LogP contribution < -0.4 is 24.8 Å². The fourth-order valence-corrected chi connectivity index (χ4v) is 9.08. The molecule has 0 radical (unpaired) electrons. The first kappa shape index (κ1) is 41.1. The number of carbonyl (C=O) groups excluding carboxylic acids is 4. The monoisotopic (exact) mass is 803 g/mol. The van der Waals surface area contributed by atoms with Gasteiger partial charge in [0.1, 0.15) is 29.5 Å². The van der Waals surface area contributed by atoms with E-state index in [-0.39, 0.29) is 31.2 Å². The molecule has 1 aromatic heterocycles. The van der Waals surface area contributed by atoms with E-state index in [1.165, 1.54) is 18.2 Å². The van der Waals surface area contributed by atoms with E-state index in [2.05, 4.69) is 20.3 Å². The lowest BCUT2D eigenvalue weighted by atomic mass is 9.85. The molecule has 3 heterocycles. The normalized spacial score (nSPS) is 28.7. The summed E-state index contributed by atoms with van der Waals surface area (Å²) >= 11 is 0. The van der Waals surface area contributed by atoms with Gasteiger partial charge in [-0.25, -0.2) is 27.0 Å². The molecule has 2 saturated carbocycles. The van der Waals surface area contributed by atoms with Gasteiger partial charge in [-0.3, -0.25) is 19.1 Å². The minimum Gasteiger partial charge on any atom is -0.494 e. The maximum absolute atomic E-state index is 14.9. The summed E-state index contributed by atoms with van der Waals surface area (Å²) in [4.78, 5) is 62.1. The first-order valence-corrected chi connectivity index (χ1v) is 20.8. The summed E-state index contributed by atoms with van der Waals surface area (Å²) in [5, 5.41) is 6.08. The SMILES string of the molecule is CCC1CC(C)CCC=CC2CC2(C(=O)NS(=O)(=O)C2CC2)NC(=O)C2CC(Oc3ncc(OC)c4ccccc34)CN2C(=O)C1NC(=O)OC(C)(C)C(F)F. The van der Waals surface area contributed by atoms with Crippen molar-refractivity contribution in [2.75, 3.05) is 13.7 Å². The predicted octanol–water partition coefficient (Wildman–Crippen LogP) is 4.62. The van der Waals surface area contributed by atoms with Crippen molar-refractivity contribution < 1.29 is 50.6 Å². The molecule has 4 aliphatic rings. The molecule has 2 aliphatic heterocycles. The topological polar surface area (TPSA) is 182 Å². The maximum Gasteiger partial charge on any atom is 0.408 e. The number of ether oxygens (including phenoxy) is 3. The Morgan fingerprint density at radius 3 is 2.50 bits per heavy atom. The number of nitrogens with zero attached hydrogens (tertiary/aromatic N) is 2. The third-order valence-corrected chi connectivity index (χ3v) is 13.2. The molecule has 14 nitrogen and oxygen atoms in total. The summed E-state index contributed by atoms with van der Waals surface area (Å²) in [6.07, 6.45) is 3.33. The summed E-state index contributed by atoms with van der Waals surface area (Å²) in [6.45, 7) is 5.85. The first-order chi connectivity index (χ1) is 26.5. The second kappa shape index (κ2) is 16.1. The number of rotatable bonds is 10. The number of nitrogens with one attached hydrogen (secondary N) is 3. The number of hydrogen-bond donors (Lipinski definition) is 3. The van der Waals surface area contributed by atoms with Crippen molar-refractivity contribution in [3.8, 4) is 11.6 Å². The summed E-state index contributed by atoms with van der Waals surface area (Å²) in [5.74, 6) is -2.44. The lowest BCUT2D eigenvalue weighted by Gasteiger charge is -2.34. The Labute approximate surface area is 325 Å². The maximum atomic E-state index is 14.9. The number of amides is 4. The number of alkyl halides is 2. The summed E-state index contributed by atoms with van der Waals surface area (Å²) in [5.41, 5.74) is -3.74. The van der Waals surface area contributed by atoms with Crippen LogP contribution in [0.25, 0.3) is 10.8 Å². The van der Waals surface area contributed by atoms with Crippen LogP contribution in [0.1, 0.15) is 79.1 Å². The number of allylic oxidation sites excluding steroid dienone is 1. The molecule has 3 N–H and O–H groups in total. The van der Waals surface area contributed by atoms with E-state index < -0.39 is 86.7 Å². The van der Waals surface area contributed by atoms with E-state index in [4.69, 9.17) is 14.2 Å². The fraction of sp³-hybridized carbons (Fsp3) is 0.615. The number of hydrogen-bond acceptors (Lipinski definition) is 10. The molecule has 0 bridgehead atoms. The molecular formula is C39H51F2N5O9S. The summed E-state index contributed by atoms with van der Waals surface area (Å²) < 4.78 is 72.4. The molecule has 3 fully saturated rings. The molecule has 7 unspecified atom stereocenters. The number of benzene rings is 1. The Balaban J connectivity index is 1.36. The smallest absolute Gasteiger partial charge is 0.408 e. The van der Waals surface area contributed by atoms with Crippen LogP contribution in [-0.2, 0) is 29.1 Å². The van der Waals surface area contributed by atoms with E-state index in [1.54, 1.807) is 12.1 Å². The molecule has 306 valence electrons. The van der Waals surface area contributed by atoms with Gasteiger partial charge in [0.15, 0.2) is 5.60 Å². The van der Waals surface area contributed by atoms with E-state index in [0.717, 1.165) is 19.2 Å². The van der Waals surface area contributed by atoms with Crippen molar-refractivity contribution in [3.05, 3.63) is 42.6 Å². The van der Waals surface area contributed by atoms with Crippen LogP contribution in [0.3, 0.4) is 0 Å². The van der Waals surface area contributed by atoms with Gasteiger partial charge in [-0.15, -0.1) is 0 Å². The van der Waals surface area contributed by atoms with Gasteiger partial charge in [0.05, 0.1) is 25.1 Å². The van der Waals surface area contributed by atoms with Crippen molar-refractivity contribution in [1.29, 1.82) is 0 Å². The largest absolute Gasteiger partial charge is 0.494 e. The number of pyridine rings is 1. The number of halogens is 2. The number of sulfonamides is 1. The van der Waals surface area contributed by atoms with E-state index >= 15 is 0 Å². The van der Waals surface area contributed by atoms with Crippen molar-refractivity contribution in [1.82, 2.24) is 25.2 Å². The van der Waals surface area contributed by atoms with Gasteiger partial charge in [0.25, 0.3) is 12.3 Å². The molecule has 2 aliphatic carbocycles. The van der Waals surface area contributed by atoms with Crippen LogP contribution in [0.15, 0.2) is 42.6 Å². The van der Waals surface area contributed by atoms with E-state index in [0.29, 0.717) is 49.7 Å². The van der Waals surface area contributed by atoms with E-state index in [1.807, 2.05) is 38.1 Å². The Bertz CT molecular complexity index is 1980. The Kier molecular flexibility index (Phi) is 11.8. The second-order valence-corrected chi connectivity index (χ2v) is 18.0. The molecule has 4 amide bonds. The van der Waals surface area contributed by atoms with Gasteiger partial charge in [0, 0.05) is 23.1 Å². The second-order valence-electron chi connectivity index (χ2n) is 16.0. The summed E-state index contributed by atoms with van der Waals surface area (Å²) in [6, 6.07) is 4.74. The molecule has 2 aromatic rings. The van der Waals surface area contributed by atoms with Gasteiger partial charge < -0.3 is 29.7 Å². The van der Waals surface area contributed by atoms with Gasteiger partial charge in [-0.05, 0) is 70.3 Å². The number of alkyl carbamates (subject to hydrolysis) is 1. The lowest BCUT2D eigenvalue weighted by Crippen LogP contribution is -2.59. The minimum absolute atomic E-state index is 0.0379. The Morgan fingerprint density at radius 1 is 1.12 bits per heavy atom. The van der Waals surface area contributed by atoms with Crippen LogP contribution >= 0.6 is 0 Å². The van der Waals surface area contributed by atoms with Crippen LogP contribution in [-0.4, -0.2) is 96.8 Å². The molecular weight excluding hydrogens is 753 g/mol. The van der Waals surface area contributed by atoms with E-state index in [9.17, 15) is 36.4 Å². The molecule has 1 saturated heterocycles. The van der Waals surface area contributed by atoms with Crippen LogP contribution in [0, 0.1) is 17.8 Å². The zero-order chi connectivity index (χ0) is 40.6. The zero-order valence-corrected chi connectivity index (χ0v) is 33.1. The van der Waals surface area contributed by atoms with Gasteiger partial charge >= 0.3 is 6.09 Å². The van der Waals surface area contributed by atoms with Crippen molar-refractivity contribution in [2.45, 2.75) is 120 Å². The number of fused-ring (bicyclic) bond motifs is 3. The van der Waals surface area contributed by atoms with Gasteiger partial charge in [0.2, 0.25) is 27.7 Å². The highest BCUT2D eigenvalue weighted by Gasteiger charge is 2.62. The molecule has 17 heteroatoms. The Morgan fingerprint density at radius 2 is 1.84 bits per heavy atom. The minimum atomic E-state index is -3.95. The van der Waals surface area contributed by atoms with Gasteiger partial charge in [-0.1, -0.05) is 50.6 Å². The third kappa shape index (κ3) is 8.71. The highest BCUT2D eigenvalue weighted by atomic mass is 32.2.